The fourth-order valence-electron chi connectivity index (χ4n) is 3.18. The van der Waals surface area contributed by atoms with Crippen LogP contribution in [-0.2, 0) is 16.4 Å². The van der Waals surface area contributed by atoms with Crippen molar-refractivity contribution in [3.05, 3.63) is 52.8 Å². The summed E-state index contributed by atoms with van der Waals surface area (Å²) >= 11 is 0. The van der Waals surface area contributed by atoms with Crippen LogP contribution in [0.1, 0.15) is 40.0 Å². The van der Waals surface area contributed by atoms with Gasteiger partial charge in [-0.2, -0.15) is 10.4 Å². The minimum absolute atomic E-state index is 0.0491. The number of aromatic nitrogens is 2. The molecule has 26 heavy (non-hydrogen) atoms. The molecule has 1 amide bonds. The lowest BCUT2D eigenvalue weighted by molar-refractivity contribution is 0.0697. The van der Waals surface area contributed by atoms with Crippen molar-refractivity contribution in [3.8, 4) is 6.07 Å². The predicted molar refractivity (Wildman–Crippen MR) is 96.2 cm³/mol. The van der Waals surface area contributed by atoms with Crippen molar-refractivity contribution in [2.45, 2.75) is 26.4 Å². The van der Waals surface area contributed by atoms with Crippen LogP contribution in [0.3, 0.4) is 0 Å². The number of benzene rings is 1. The van der Waals surface area contributed by atoms with E-state index in [-0.39, 0.29) is 24.0 Å². The van der Waals surface area contributed by atoms with Gasteiger partial charge >= 0.3 is 0 Å². The molecule has 0 unspecified atom stereocenters. The van der Waals surface area contributed by atoms with Crippen LogP contribution in [0.4, 0.5) is 0 Å². The number of hydrogen-bond donors (Lipinski definition) is 0. The first-order valence-corrected chi connectivity index (χ1v) is 10.2. The molecule has 0 aliphatic carbocycles. The molecule has 0 N–H and O–H groups in total. The third-order valence-electron chi connectivity index (χ3n) is 4.64. The van der Waals surface area contributed by atoms with Crippen LogP contribution in [-0.4, -0.2) is 47.1 Å². The molecule has 7 nitrogen and oxygen atoms in total. The minimum atomic E-state index is -3.22. The highest BCUT2D eigenvalue weighted by molar-refractivity contribution is 7.91. The molecule has 0 saturated carbocycles. The fourth-order valence-corrected chi connectivity index (χ4v) is 4.67. The molecule has 3 rings (SSSR count). The molecule has 1 aromatic carbocycles. The van der Waals surface area contributed by atoms with Crippen molar-refractivity contribution in [2.24, 2.45) is 0 Å². The van der Waals surface area contributed by atoms with Gasteiger partial charge in [-0.25, -0.2) is 8.42 Å². The minimum Gasteiger partial charge on any atom is -0.329 e. The van der Waals surface area contributed by atoms with Gasteiger partial charge in [-0.15, -0.1) is 0 Å². The molecule has 2 heterocycles. The van der Waals surface area contributed by atoms with E-state index >= 15 is 0 Å². The summed E-state index contributed by atoms with van der Waals surface area (Å²) in [5.41, 5.74) is 2.39. The second kappa shape index (κ2) is 6.92. The van der Waals surface area contributed by atoms with E-state index in [9.17, 15) is 13.2 Å². The Morgan fingerprint density at radius 2 is 2.19 bits per heavy atom. The van der Waals surface area contributed by atoms with Gasteiger partial charge < -0.3 is 4.90 Å². The predicted octanol–water partition coefficient (Wildman–Crippen LogP) is 1.69. The Morgan fingerprint density at radius 1 is 1.42 bits per heavy atom. The van der Waals surface area contributed by atoms with E-state index in [0.29, 0.717) is 23.2 Å². The SMILES string of the molecule is CCn1cc([C@H]2CS(=O)(=O)CCN2C(=O)c2ccc(C#N)cc2C)cn1. The number of sulfone groups is 1. The number of rotatable bonds is 3. The summed E-state index contributed by atoms with van der Waals surface area (Å²) < 4.78 is 26.0. The van der Waals surface area contributed by atoms with E-state index in [1.807, 2.05) is 6.92 Å². The molecule has 1 aliphatic rings. The smallest absolute Gasteiger partial charge is 0.254 e. The Balaban J connectivity index is 1.98. The average molecular weight is 372 g/mol. The third-order valence-corrected chi connectivity index (χ3v) is 6.27. The summed E-state index contributed by atoms with van der Waals surface area (Å²) in [5, 5.41) is 13.2. The van der Waals surface area contributed by atoms with Gasteiger partial charge in [-0.3, -0.25) is 9.48 Å². The molecular formula is C18H20N4O3S. The molecule has 0 bridgehead atoms. The second-order valence-electron chi connectivity index (χ2n) is 6.40. The molecule has 1 aromatic heterocycles. The van der Waals surface area contributed by atoms with Crippen molar-refractivity contribution in [3.63, 3.8) is 0 Å². The van der Waals surface area contributed by atoms with Crippen molar-refractivity contribution in [2.75, 3.05) is 18.1 Å². The summed E-state index contributed by atoms with van der Waals surface area (Å²) in [6.45, 7) is 4.53. The number of carbonyl (C=O) groups excluding carboxylic acids is 1. The van der Waals surface area contributed by atoms with Gasteiger partial charge in [0.2, 0.25) is 0 Å². The first-order valence-electron chi connectivity index (χ1n) is 8.39. The Morgan fingerprint density at radius 3 is 2.81 bits per heavy atom. The first-order chi connectivity index (χ1) is 12.3. The third kappa shape index (κ3) is 3.48. The Bertz CT molecular complexity index is 988. The average Bonchev–Trinajstić information content (AvgIpc) is 3.09. The van der Waals surface area contributed by atoms with Crippen LogP contribution < -0.4 is 0 Å². The molecule has 0 radical (unpaired) electrons. The molecule has 1 saturated heterocycles. The largest absolute Gasteiger partial charge is 0.329 e. The van der Waals surface area contributed by atoms with Gasteiger partial charge in [-0.1, -0.05) is 0 Å². The zero-order valence-corrected chi connectivity index (χ0v) is 15.5. The zero-order valence-electron chi connectivity index (χ0n) is 14.7. The Hall–Kier alpha value is -2.66. The molecule has 136 valence electrons. The number of hydrogen-bond acceptors (Lipinski definition) is 5. The van der Waals surface area contributed by atoms with Gasteiger partial charge in [0.1, 0.15) is 0 Å². The van der Waals surface area contributed by atoms with E-state index in [2.05, 4.69) is 11.2 Å². The van der Waals surface area contributed by atoms with Crippen LogP contribution in [0.25, 0.3) is 0 Å². The van der Waals surface area contributed by atoms with Gasteiger partial charge in [0, 0.05) is 30.4 Å². The molecule has 1 atom stereocenters. The summed E-state index contributed by atoms with van der Waals surface area (Å²) in [7, 11) is -3.22. The highest BCUT2D eigenvalue weighted by Gasteiger charge is 2.36. The Labute approximate surface area is 152 Å². The lowest BCUT2D eigenvalue weighted by atomic mass is 10.0. The van der Waals surface area contributed by atoms with Crippen molar-refractivity contribution in [1.29, 1.82) is 5.26 Å². The number of nitrogens with zero attached hydrogens (tertiary/aromatic N) is 4. The van der Waals surface area contributed by atoms with Gasteiger partial charge in [-0.05, 0) is 37.6 Å². The Kier molecular flexibility index (Phi) is 4.83. The van der Waals surface area contributed by atoms with Crippen LogP contribution in [0.2, 0.25) is 0 Å². The van der Waals surface area contributed by atoms with Crippen LogP contribution in [0.15, 0.2) is 30.6 Å². The van der Waals surface area contributed by atoms with Crippen LogP contribution in [0, 0.1) is 18.3 Å². The number of carbonyl (C=O) groups is 1. The molecule has 0 spiro atoms. The van der Waals surface area contributed by atoms with E-state index in [0.717, 1.165) is 5.56 Å². The van der Waals surface area contributed by atoms with Gasteiger partial charge in [0.25, 0.3) is 5.91 Å². The van der Waals surface area contributed by atoms with Gasteiger partial charge in [0.05, 0.1) is 35.4 Å². The summed E-state index contributed by atoms with van der Waals surface area (Å²) in [6.07, 6.45) is 3.42. The maximum Gasteiger partial charge on any atom is 0.254 e. The van der Waals surface area contributed by atoms with Crippen molar-refractivity contribution in [1.82, 2.24) is 14.7 Å². The zero-order chi connectivity index (χ0) is 18.9. The van der Waals surface area contributed by atoms with Crippen LogP contribution >= 0.6 is 0 Å². The first kappa shape index (κ1) is 18.1. The fraction of sp³-hybridized carbons (Fsp3) is 0.389. The summed E-state index contributed by atoms with van der Waals surface area (Å²) in [5.74, 6) is -0.383. The number of nitriles is 1. The lowest BCUT2D eigenvalue weighted by Crippen LogP contribution is -2.46. The molecule has 1 fully saturated rings. The highest BCUT2D eigenvalue weighted by atomic mass is 32.2. The van der Waals surface area contributed by atoms with E-state index in [1.165, 1.54) is 0 Å². The lowest BCUT2D eigenvalue weighted by Gasteiger charge is -2.35. The van der Waals surface area contributed by atoms with Gasteiger partial charge in [0.15, 0.2) is 9.84 Å². The molecular weight excluding hydrogens is 352 g/mol. The normalized spacial score (nSPS) is 19.1. The van der Waals surface area contributed by atoms with E-state index in [4.69, 9.17) is 5.26 Å². The van der Waals surface area contributed by atoms with Crippen molar-refractivity contribution < 1.29 is 13.2 Å². The highest BCUT2D eigenvalue weighted by Crippen LogP contribution is 2.29. The van der Waals surface area contributed by atoms with E-state index < -0.39 is 15.9 Å². The maximum atomic E-state index is 13.1. The van der Waals surface area contributed by atoms with Crippen LogP contribution in [0.5, 0.6) is 0 Å². The summed E-state index contributed by atoms with van der Waals surface area (Å²) in [4.78, 5) is 14.7. The van der Waals surface area contributed by atoms with E-state index in [1.54, 1.807) is 47.1 Å². The molecule has 8 heteroatoms. The topological polar surface area (TPSA) is 96.1 Å². The molecule has 2 aromatic rings. The molecule has 1 aliphatic heterocycles. The number of aryl methyl sites for hydroxylation is 2. The van der Waals surface area contributed by atoms with Crippen molar-refractivity contribution >= 4 is 15.7 Å². The monoisotopic (exact) mass is 372 g/mol. The number of amides is 1. The quantitative estimate of drug-likeness (QED) is 0.817. The summed E-state index contributed by atoms with van der Waals surface area (Å²) in [6, 6.07) is 6.39. The standard InChI is InChI=1S/C18H20N4O3S/c1-3-21-11-15(10-20-21)17-12-26(24,25)7-6-22(17)18(23)16-5-4-14(9-19)8-13(16)2/h4-5,8,10-11,17H,3,6-7,12H2,1-2H3/t17-/m1/s1. The second-order valence-corrected chi connectivity index (χ2v) is 8.63. The maximum absolute atomic E-state index is 13.1.